The Morgan fingerprint density at radius 1 is 1.18 bits per heavy atom. The molecule has 4 heteroatoms. The van der Waals surface area contributed by atoms with E-state index < -0.39 is 0 Å². The van der Waals surface area contributed by atoms with Gasteiger partial charge in [-0.2, -0.15) is 18.2 Å². The van der Waals surface area contributed by atoms with Crippen molar-refractivity contribution >= 4 is 20.6 Å². The van der Waals surface area contributed by atoms with Gasteiger partial charge in [0.2, 0.25) is 0 Å². The molecular weight excluding hydrogens is 321 g/mol. The zero-order chi connectivity index (χ0) is 11.6. The average molecular weight is 335 g/mol. The maximum atomic E-state index is 8.49. The van der Waals surface area contributed by atoms with Crippen molar-refractivity contribution in [3.63, 3.8) is 0 Å². The summed E-state index contributed by atoms with van der Waals surface area (Å²) in [4.78, 5) is 4.10. The van der Waals surface area contributed by atoms with E-state index >= 15 is 0 Å². The zero-order valence-corrected chi connectivity index (χ0v) is 12.1. The molecule has 2 nitrogen and oxygen atoms in total. The number of hydrogen-bond acceptors (Lipinski definition) is 2. The molecule has 0 aliphatic rings. The minimum absolute atomic E-state index is 0. The van der Waals surface area contributed by atoms with Crippen LogP contribution in [0.15, 0.2) is 59.6 Å². The molecule has 1 radical (unpaired) electrons. The molecule has 1 N–H and O–H groups in total. The normalized spacial score (nSPS) is 10.1. The van der Waals surface area contributed by atoms with Gasteiger partial charge in [0.15, 0.2) is 0 Å². The van der Waals surface area contributed by atoms with Crippen molar-refractivity contribution in [1.29, 1.82) is 0 Å². The van der Waals surface area contributed by atoms with Crippen LogP contribution in [0.3, 0.4) is 0 Å². The molecule has 0 spiro atoms. The van der Waals surface area contributed by atoms with Crippen molar-refractivity contribution in [2.75, 3.05) is 13.2 Å². The van der Waals surface area contributed by atoms with Gasteiger partial charge in [0.25, 0.3) is 0 Å². The summed E-state index contributed by atoms with van der Waals surface area (Å²) < 4.78 is 0.865. The molecule has 0 saturated carbocycles. The predicted octanol–water partition coefficient (Wildman–Crippen LogP) is 1.72. The summed E-state index contributed by atoms with van der Waals surface area (Å²) in [6.45, 7) is 0.569. The van der Waals surface area contributed by atoms with Crippen molar-refractivity contribution in [3.05, 3.63) is 60.2 Å². The number of hydrogen-bond donors (Lipinski definition) is 1. The largest absolute Gasteiger partial charge is 2.00 e. The summed E-state index contributed by atoms with van der Waals surface area (Å²) >= 11 is 2.85. The van der Waals surface area contributed by atoms with E-state index in [0.717, 1.165) is 10.2 Å². The van der Waals surface area contributed by atoms with Gasteiger partial charge in [-0.3, -0.25) is 0 Å². The van der Waals surface area contributed by atoms with Crippen LogP contribution in [-0.4, -0.2) is 38.9 Å². The summed E-state index contributed by atoms with van der Waals surface area (Å²) in [6.07, 6.45) is 0. The van der Waals surface area contributed by atoms with Gasteiger partial charge >= 0.3 is 90.8 Å². The first-order chi connectivity index (χ1) is 7.84. The van der Waals surface area contributed by atoms with E-state index in [0.29, 0.717) is 6.54 Å². The monoisotopic (exact) mass is 336 g/mol. The Balaban J connectivity index is 0.000000360. The summed E-state index contributed by atoms with van der Waals surface area (Å²) in [5.41, 5.74) is 1.08. The van der Waals surface area contributed by atoms with E-state index in [-0.39, 0.29) is 23.7 Å². The number of nitrogens with zero attached hydrogens (tertiary/aromatic N) is 1. The van der Waals surface area contributed by atoms with Crippen LogP contribution in [0.4, 0.5) is 0 Å². The smallest absolute Gasteiger partial charge is 0.214 e. The molecule has 0 amide bonds. The second kappa shape index (κ2) is 10.5. The molecule has 0 atom stereocenters. The van der Waals surface area contributed by atoms with Gasteiger partial charge in [0, 0.05) is 0 Å². The van der Waals surface area contributed by atoms with Crippen LogP contribution < -0.4 is 0 Å². The number of aliphatic hydroxyl groups excluding tert-OH is 1. The van der Waals surface area contributed by atoms with E-state index in [1.54, 1.807) is 0 Å². The van der Waals surface area contributed by atoms with Gasteiger partial charge in [-0.1, -0.05) is 0 Å². The molecule has 0 aromatic heterocycles. The Bertz CT molecular complexity index is 364. The van der Waals surface area contributed by atoms with Crippen molar-refractivity contribution in [1.82, 2.24) is 0 Å². The molecule has 0 heterocycles. The van der Waals surface area contributed by atoms with Gasteiger partial charge in [-0.25, -0.2) is 12.1 Å². The topological polar surface area (TPSA) is 32.6 Å². The molecule has 2 rings (SSSR count). The summed E-state index contributed by atoms with van der Waals surface area (Å²) in [7, 11) is 0. The SMILES string of the molecule is OCCN=C([Se])[c-]1cccc1.[Fe+2].c1cc[cH-]c1. The summed E-state index contributed by atoms with van der Waals surface area (Å²) in [5, 5.41) is 8.49. The fraction of sp³-hybridized carbons (Fsp3) is 0.154. The van der Waals surface area contributed by atoms with E-state index in [1.807, 2.05) is 54.6 Å². The zero-order valence-electron chi connectivity index (χ0n) is 9.27. The Morgan fingerprint density at radius 2 is 1.76 bits per heavy atom. The van der Waals surface area contributed by atoms with Crippen molar-refractivity contribution in [2.45, 2.75) is 0 Å². The molecule has 0 unspecified atom stereocenters. The maximum Gasteiger partial charge on any atom is 2.00 e. The first kappa shape index (κ1) is 16.4. The van der Waals surface area contributed by atoms with E-state index in [9.17, 15) is 0 Å². The van der Waals surface area contributed by atoms with Crippen LogP contribution in [-0.2, 0) is 17.1 Å². The summed E-state index contributed by atoms with van der Waals surface area (Å²) in [6, 6.07) is 17.9. The Hall–Kier alpha value is -0.631. The van der Waals surface area contributed by atoms with Crippen LogP contribution in [0.5, 0.6) is 0 Å². The molecule has 91 valence electrons. The number of aliphatic hydroxyl groups is 1. The average Bonchev–Trinajstić information content (AvgIpc) is 2.98. The fourth-order valence-electron chi connectivity index (χ4n) is 1.08. The third kappa shape index (κ3) is 7.32. The van der Waals surface area contributed by atoms with Crippen molar-refractivity contribution in [2.24, 2.45) is 4.99 Å². The quantitative estimate of drug-likeness (QED) is 0.517. The van der Waals surface area contributed by atoms with Crippen LogP contribution in [0.25, 0.3) is 0 Å². The first-order valence-electron chi connectivity index (χ1n) is 5.05. The predicted molar refractivity (Wildman–Crippen MR) is 68.3 cm³/mol. The first-order valence-corrected chi connectivity index (χ1v) is 5.91. The third-order valence-corrected chi connectivity index (χ3v) is 2.59. The number of aliphatic imine (C=N–C) groups is 1. The third-order valence-electron chi connectivity index (χ3n) is 1.82. The van der Waals surface area contributed by atoms with Crippen LogP contribution >= 0.6 is 0 Å². The standard InChI is InChI=1S/C8H9NOSe.C5H5.Fe/c10-6-5-9-8(11)7-3-1-2-4-7;1-2-4-5-3-1;/h1-4,10H,5-6H2;1-5H;/q2*-1;+2. The molecule has 2 aromatic carbocycles. The van der Waals surface area contributed by atoms with Gasteiger partial charge in [0.05, 0.1) is 0 Å². The van der Waals surface area contributed by atoms with Gasteiger partial charge in [-0.15, -0.1) is 0 Å². The van der Waals surface area contributed by atoms with Crippen LogP contribution in [0.2, 0.25) is 0 Å². The summed E-state index contributed by atoms with van der Waals surface area (Å²) in [5.74, 6) is 0. The molecule has 2 aromatic rings. The Kier molecular flexibility index (Phi) is 10.1. The Labute approximate surface area is 121 Å². The van der Waals surface area contributed by atoms with Gasteiger partial charge in [-0.05, 0) is 0 Å². The van der Waals surface area contributed by atoms with E-state index in [2.05, 4.69) is 21.0 Å². The molecule has 0 bridgehead atoms. The van der Waals surface area contributed by atoms with Crippen LogP contribution in [0.1, 0.15) is 5.56 Å². The molecule has 0 saturated heterocycles. The van der Waals surface area contributed by atoms with E-state index in [1.165, 1.54) is 0 Å². The van der Waals surface area contributed by atoms with Crippen molar-refractivity contribution in [3.8, 4) is 0 Å². The Morgan fingerprint density at radius 3 is 2.18 bits per heavy atom. The second-order valence-electron chi connectivity index (χ2n) is 3.05. The van der Waals surface area contributed by atoms with Crippen LogP contribution in [0, 0.1) is 0 Å². The minimum atomic E-state index is 0. The second-order valence-corrected chi connectivity index (χ2v) is 3.86. The molecule has 17 heavy (non-hydrogen) atoms. The van der Waals surface area contributed by atoms with Crippen molar-refractivity contribution < 1.29 is 22.2 Å². The molecule has 0 fully saturated rings. The number of rotatable bonds is 3. The van der Waals surface area contributed by atoms with Gasteiger partial charge in [0.1, 0.15) is 0 Å². The maximum absolute atomic E-state index is 8.49. The fourth-order valence-corrected chi connectivity index (χ4v) is 1.56. The molecule has 0 aliphatic carbocycles. The minimum Gasteiger partial charge on any atom is -0.214 e. The molecular formula is C13H14FeNOSe. The van der Waals surface area contributed by atoms with E-state index in [4.69, 9.17) is 5.11 Å². The van der Waals surface area contributed by atoms with Gasteiger partial charge < -0.3 is 0 Å². The molecule has 0 aliphatic heterocycles.